The monoisotopic (exact) mass is 790 g/mol. The molecule has 8 heteroatoms. The molecule has 47 heavy (non-hydrogen) atoms. The number of hydrogen-bond donors (Lipinski definition) is 0. The van der Waals surface area contributed by atoms with Gasteiger partial charge in [-0.05, 0) is 61.2 Å². The van der Waals surface area contributed by atoms with Gasteiger partial charge in [0, 0.05) is 54.7 Å². The van der Waals surface area contributed by atoms with Crippen LogP contribution < -0.4 is 9.64 Å². The summed E-state index contributed by atoms with van der Waals surface area (Å²) in [5, 5.41) is 6.09. The van der Waals surface area contributed by atoms with Gasteiger partial charge in [-0.15, -0.1) is 35.3 Å². The zero-order valence-corrected chi connectivity index (χ0v) is 27.1. The number of rotatable bonds is 4. The van der Waals surface area contributed by atoms with E-state index in [-0.39, 0.29) is 21.1 Å². The molecule has 0 aliphatic carbocycles. The van der Waals surface area contributed by atoms with Gasteiger partial charge in [0.2, 0.25) is 0 Å². The zero-order valence-electron chi connectivity index (χ0n) is 24.9. The van der Waals surface area contributed by atoms with Gasteiger partial charge in [0.25, 0.3) is 0 Å². The van der Waals surface area contributed by atoms with Crippen molar-refractivity contribution in [3.8, 4) is 17.3 Å². The Morgan fingerprint density at radius 2 is 1.49 bits per heavy atom. The first kappa shape index (κ1) is 27.8. The standard InChI is InChI=1S/C39H23N4O3.Pt/c1-41-16-17-42(23-41)24-18-31-30-22-35-29(28-9-3-5-11-34(28)45-35)21-36(30)46-39(31)37(19-24)44-25-13-14-27-26-8-2-4-10-32(26)43(33(27)20-25)38-12-6-7-15-40-38;/h2-18,21-23H,1H3;/q-3;. The van der Waals surface area contributed by atoms with Crippen molar-refractivity contribution in [2.45, 2.75) is 0 Å². The first-order valence-corrected chi connectivity index (χ1v) is 15.0. The SMILES string of the molecule is CN1C=CN(c2[c-]c(Oc3[c-]c4c(cc3)c3ccccc3n4-c3ccccn3)c3oc4cc5c(cc4c3c2)oc2ccccc25)[CH-]1.[Pt]. The Labute approximate surface area is 283 Å². The minimum absolute atomic E-state index is 0. The van der Waals surface area contributed by atoms with E-state index in [0.29, 0.717) is 17.1 Å². The van der Waals surface area contributed by atoms with Crippen LogP contribution in [0.25, 0.3) is 71.5 Å². The summed E-state index contributed by atoms with van der Waals surface area (Å²) in [5.74, 6) is 1.82. The van der Waals surface area contributed by atoms with Gasteiger partial charge in [-0.3, -0.25) is 0 Å². The van der Waals surface area contributed by atoms with Gasteiger partial charge in [-0.1, -0.05) is 53.4 Å². The summed E-state index contributed by atoms with van der Waals surface area (Å²) in [5.41, 5.74) is 5.75. The third-order valence-corrected chi connectivity index (χ3v) is 8.65. The summed E-state index contributed by atoms with van der Waals surface area (Å²) in [6.45, 7) is 1.99. The fourth-order valence-corrected chi connectivity index (χ4v) is 6.56. The first-order chi connectivity index (χ1) is 22.7. The number of fused-ring (bicyclic) bond motifs is 9. The zero-order chi connectivity index (χ0) is 30.4. The number of hydrogen-bond acceptors (Lipinski definition) is 6. The van der Waals surface area contributed by atoms with E-state index in [2.05, 4.69) is 70.2 Å². The van der Waals surface area contributed by atoms with Crippen molar-refractivity contribution in [1.29, 1.82) is 0 Å². The number of para-hydroxylation sites is 2. The largest absolute Gasteiger partial charge is 0.512 e. The molecule has 5 aromatic carbocycles. The molecule has 1 aliphatic heterocycles. The van der Waals surface area contributed by atoms with Crippen LogP contribution in [0.5, 0.6) is 11.5 Å². The van der Waals surface area contributed by atoms with Crippen LogP contribution in [-0.2, 0) is 21.1 Å². The summed E-state index contributed by atoms with van der Waals surface area (Å²) >= 11 is 0. The maximum absolute atomic E-state index is 6.65. The summed E-state index contributed by atoms with van der Waals surface area (Å²) in [4.78, 5) is 8.65. The second kappa shape index (κ2) is 10.5. The Morgan fingerprint density at radius 3 is 2.32 bits per heavy atom. The maximum atomic E-state index is 6.65. The Balaban J connectivity index is 0.00000302. The van der Waals surface area contributed by atoms with E-state index in [1.807, 2.05) is 84.4 Å². The molecule has 4 aromatic heterocycles. The van der Waals surface area contributed by atoms with E-state index >= 15 is 0 Å². The average Bonchev–Trinajstić information content (AvgIpc) is 3.85. The van der Waals surface area contributed by atoms with E-state index < -0.39 is 0 Å². The summed E-state index contributed by atoms with van der Waals surface area (Å²) in [7, 11) is 1.99. The predicted octanol–water partition coefficient (Wildman–Crippen LogP) is 9.71. The van der Waals surface area contributed by atoms with Gasteiger partial charge in [0.1, 0.15) is 22.6 Å². The molecular weight excluding hydrogens is 768 g/mol. The van der Waals surface area contributed by atoms with Gasteiger partial charge in [0.05, 0.1) is 11.3 Å². The number of benzene rings is 5. The molecule has 7 nitrogen and oxygen atoms in total. The van der Waals surface area contributed by atoms with E-state index in [1.165, 1.54) is 0 Å². The number of anilines is 1. The van der Waals surface area contributed by atoms with Crippen molar-refractivity contribution in [2.75, 3.05) is 11.9 Å². The second-order valence-corrected chi connectivity index (χ2v) is 11.5. The smallest absolute Gasteiger partial charge is 0.136 e. The van der Waals surface area contributed by atoms with Gasteiger partial charge in [-0.2, -0.15) is 12.7 Å². The minimum Gasteiger partial charge on any atom is -0.512 e. The quantitative estimate of drug-likeness (QED) is 0.166. The summed E-state index contributed by atoms with van der Waals surface area (Å²) < 4.78 is 21.6. The van der Waals surface area contributed by atoms with Crippen molar-refractivity contribution in [2.24, 2.45) is 0 Å². The van der Waals surface area contributed by atoms with Crippen molar-refractivity contribution in [1.82, 2.24) is 14.5 Å². The molecule has 9 aromatic rings. The van der Waals surface area contributed by atoms with Gasteiger partial charge < -0.3 is 27.9 Å². The van der Waals surface area contributed by atoms with Crippen LogP contribution in [0.4, 0.5) is 5.69 Å². The van der Waals surface area contributed by atoms with Crippen LogP contribution in [0.1, 0.15) is 0 Å². The van der Waals surface area contributed by atoms with Crippen molar-refractivity contribution >= 4 is 71.4 Å². The molecule has 0 N–H and O–H groups in total. The summed E-state index contributed by atoms with van der Waals surface area (Å²) in [6, 6.07) is 39.5. The van der Waals surface area contributed by atoms with Crippen LogP contribution in [0.15, 0.2) is 124 Å². The number of aromatic nitrogens is 2. The number of ether oxygens (including phenoxy) is 1. The van der Waals surface area contributed by atoms with E-state index in [9.17, 15) is 0 Å². The van der Waals surface area contributed by atoms with Crippen molar-refractivity contribution in [3.63, 3.8) is 0 Å². The topological polar surface area (TPSA) is 59.8 Å². The first-order valence-electron chi connectivity index (χ1n) is 15.0. The van der Waals surface area contributed by atoms with Gasteiger partial charge >= 0.3 is 0 Å². The molecule has 5 heterocycles. The molecule has 230 valence electrons. The fraction of sp³-hybridized carbons (Fsp3) is 0.0256. The van der Waals surface area contributed by atoms with Crippen LogP contribution in [0.2, 0.25) is 0 Å². The third kappa shape index (κ3) is 4.27. The van der Waals surface area contributed by atoms with Crippen LogP contribution in [0, 0.1) is 18.8 Å². The van der Waals surface area contributed by atoms with Gasteiger partial charge in [-0.25, -0.2) is 4.98 Å². The molecule has 0 spiro atoms. The molecule has 10 rings (SSSR count). The van der Waals surface area contributed by atoms with E-state index in [4.69, 9.17) is 13.6 Å². The van der Waals surface area contributed by atoms with Crippen molar-refractivity contribution in [3.05, 3.63) is 134 Å². The molecular formula is C39H23N4O3Pt-3. The molecule has 0 saturated carbocycles. The predicted molar refractivity (Wildman–Crippen MR) is 181 cm³/mol. The number of pyridine rings is 1. The molecule has 0 saturated heterocycles. The molecule has 0 unspecified atom stereocenters. The van der Waals surface area contributed by atoms with E-state index in [1.54, 1.807) is 6.20 Å². The molecule has 0 fully saturated rings. The number of furan rings is 2. The normalized spacial score (nSPS) is 13.2. The fourth-order valence-electron chi connectivity index (χ4n) is 6.56. The molecule has 0 radical (unpaired) electrons. The average molecular weight is 791 g/mol. The molecule has 0 amide bonds. The molecule has 0 bridgehead atoms. The third-order valence-electron chi connectivity index (χ3n) is 8.65. The Bertz CT molecular complexity index is 2690. The molecule has 0 atom stereocenters. The van der Waals surface area contributed by atoms with Crippen LogP contribution in [-0.4, -0.2) is 21.5 Å². The summed E-state index contributed by atoms with van der Waals surface area (Å²) in [6.07, 6.45) is 5.78. The Morgan fingerprint density at radius 1 is 0.702 bits per heavy atom. The Kier molecular flexibility index (Phi) is 6.21. The van der Waals surface area contributed by atoms with Gasteiger partial charge in [0.15, 0.2) is 0 Å². The van der Waals surface area contributed by atoms with E-state index in [0.717, 1.165) is 71.6 Å². The molecule has 1 aliphatic rings. The number of nitrogens with zero attached hydrogens (tertiary/aromatic N) is 4. The van der Waals surface area contributed by atoms with Crippen LogP contribution >= 0.6 is 0 Å². The van der Waals surface area contributed by atoms with Crippen molar-refractivity contribution < 1.29 is 34.6 Å². The van der Waals surface area contributed by atoms with Crippen LogP contribution in [0.3, 0.4) is 0 Å². The maximum Gasteiger partial charge on any atom is 0.136 e. The second-order valence-electron chi connectivity index (χ2n) is 11.5. The Hall–Kier alpha value is -5.52. The minimum atomic E-state index is 0.